The van der Waals surface area contributed by atoms with Crippen molar-refractivity contribution in [2.45, 2.75) is 13.5 Å². The van der Waals surface area contributed by atoms with Crippen molar-refractivity contribution >= 4 is 5.91 Å². The Balaban J connectivity index is 1.76. The molecule has 2 rings (SSSR count). The van der Waals surface area contributed by atoms with Crippen LogP contribution in [0.15, 0.2) is 12.4 Å². The zero-order chi connectivity index (χ0) is 10.7. The summed E-state index contributed by atoms with van der Waals surface area (Å²) in [7, 11) is 0. The molecule has 0 spiro atoms. The molecule has 1 aromatic rings. The molecular weight excluding hydrogens is 192 g/mol. The maximum atomic E-state index is 11.7. The average Bonchev–Trinajstić information content (AvgIpc) is 2.63. The lowest BCUT2D eigenvalue weighted by molar-refractivity contribution is -0.126. The molecule has 3 N–H and O–H groups in total. The number of aromatic nitrogens is 2. The van der Waals surface area contributed by atoms with Crippen LogP contribution in [-0.4, -0.2) is 29.0 Å². The fourth-order valence-corrected chi connectivity index (χ4v) is 1.61. The van der Waals surface area contributed by atoms with Crippen LogP contribution < -0.4 is 10.6 Å². The van der Waals surface area contributed by atoms with Crippen LogP contribution in [0.1, 0.15) is 12.7 Å². The Morgan fingerprint density at radius 2 is 2.53 bits per heavy atom. The molecule has 5 nitrogen and oxygen atoms in total. The van der Waals surface area contributed by atoms with E-state index in [1.54, 1.807) is 12.4 Å². The van der Waals surface area contributed by atoms with Crippen molar-refractivity contribution < 1.29 is 4.79 Å². The summed E-state index contributed by atoms with van der Waals surface area (Å²) in [6, 6.07) is 0. The van der Waals surface area contributed by atoms with Crippen LogP contribution in [0.25, 0.3) is 0 Å². The number of aromatic amines is 1. The molecule has 1 saturated heterocycles. The lowest BCUT2D eigenvalue weighted by Crippen LogP contribution is -2.49. The van der Waals surface area contributed by atoms with Gasteiger partial charge in [-0.1, -0.05) is 6.92 Å². The molecule has 1 aromatic heterocycles. The molecule has 1 aliphatic rings. The topological polar surface area (TPSA) is 69.8 Å². The molecule has 82 valence electrons. The summed E-state index contributed by atoms with van der Waals surface area (Å²) in [6.07, 6.45) is 3.43. The number of nitrogens with zero attached hydrogens (tertiary/aromatic N) is 1. The Hall–Kier alpha value is -1.36. The predicted octanol–water partition coefficient (Wildman–Crippen LogP) is -0.119. The van der Waals surface area contributed by atoms with Gasteiger partial charge in [-0.2, -0.15) is 0 Å². The number of carbonyl (C=O) groups is 1. The van der Waals surface area contributed by atoms with E-state index in [4.69, 9.17) is 0 Å². The van der Waals surface area contributed by atoms with E-state index in [9.17, 15) is 4.79 Å². The Bertz CT molecular complexity index is 318. The molecule has 0 saturated carbocycles. The van der Waals surface area contributed by atoms with Crippen molar-refractivity contribution in [1.29, 1.82) is 0 Å². The summed E-state index contributed by atoms with van der Waals surface area (Å²) < 4.78 is 0. The molecule has 15 heavy (non-hydrogen) atoms. The maximum Gasteiger partial charge on any atom is 0.223 e. The van der Waals surface area contributed by atoms with Crippen molar-refractivity contribution in [3.05, 3.63) is 18.2 Å². The van der Waals surface area contributed by atoms with E-state index in [-0.39, 0.29) is 11.8 Å². The monoisotopic (exact) mass is 208 g/mol. The van der Waals surface area contributed by atoms with Gasteiger partial charge in [-0.3, -0.25) is 4.79 Å². The van der Waals surface area contributed by atoms with Crippen LogP contribution >= 0.6 is 0 Å². The quantitative estimate of drug-likeness (QED) is 0.646. The van der Waals surface area contributed by atoms with Crippen LogP contribution in [0.4, 0.5) is 0 Å². The van der Waals surface area contributed by atoms with Crippen molar-refractivity contribution in [3.8, 4) is 0 Å². The fraction of sp³-hybridized carbons (Fsp3) is 0.600. The van der Waals surface area contributed by atoms with Crippen molar-refractivity contribution in [2.75, 3.05) is 13.1 Å². The van der Waals surface area contributed by atoms with E-state index < -0.39 is 0 Å². The summed E-state index contributed by atoms with van der Waals surface area (Å²) in [5.41, 5.74) is 0. The van der Waals surface area contributed by atoms with Gasteiger partial charge in [0.2, 0.25) is 5.91 Å². The third-order valence-corrected chi connectivity index (χ3v) is 2.92. The van der Waals surface area contributed by atoms with E-state index in [1.807, 2.05) is 6.92 Å². The number of nitrogens with one attached hydrogen (secondary N) is 3. The lowest BCUT2D eigenvalue weighted by Gasteiger charge is -2.31. The third kappa shape index (κ3) is 2.36. The Kier molecular flexibility index (Phi) is 3.01. The number of H-pyrrole nitrogens is 1. The number of amides is 1. The van der Waals surface area contributed by atoms with E-state index in [0.29, 0.717) is 12.5 Å². The van der Waals surface area contributed by atoms with E-state index in [0.717, 1.165) is 18.9 Å². The van der Waals surface area contributed by atoms with Gasteiger partial charge in [0.1, 0.15) is 5.82 Å². The van der Waals surface area contributed by atoms with Gasteiger partial charge in [-0.25, -0.2) is 4.98 Å². The third-order valence-electron chi connectivity index (χ3n) is 2.92. The zero-order valence-electron chi connectivity index (χ0n) is 8.79. The molecular formula is C10H16N4O. The average molecular weight is 208 g/mol. The van der Waals surface area contributed by atoms with Gasteiger partial charge in [0, 0.05) is 18.3 Å². The predicted molar refractivity (Wildman–Crippen MR) is 56.0 cm³/mol. The summed E-state index contributed by atoms with van der Waals surface area (Å²) >= 11 is 0. The van der Waals surface area contributed by atoms with Gasteiger partial charge in [0.25, 0.3) is 0 Å². The summed E-state index contributed by atoms with van der Waals surface area (Å²) in [5.74, 6) is 1.47. The van der Waals surface area contributed by atoms with Crippen molar-refractivity contribution in [3.63, 3.8) is 0 Å². The van der Waals surface area contributed by atoms with E-state index >= 15 is 0 Å². The van der Waals surface area contributed by atoms with Crippen LogP contribution in [-0.2, 0) is 11.3 Å². The second kappa shape index (κ2) is 4.44. The first-order valence-corrected chi connectivity index (χ1v) is 5.24. The highest BCUT2D eigenvalue weighted by Gasteiger charge is 2.28. The second-order valence-electron chi connectivity index (χ2n) is 3.96. The molecule has 0 aliphatic carbocycles. The Morgan fingerprint density at radius 1 is 1.73 bits per heavy atom. The van der Waals surface area contributed by atoms with Gasteiger partial charge in [-0.15, -0.1) is 0 Å². The van der Waals surface area contributed by atoms with E-state index in [1.165, 1.54) is 0 Å². The fourth-order valence-electron chi connectivity index (χ4n) is 1.61. The van der Waals surface area contributed by atoms with Gasteiger partial charge >= 0.3 is 0 Å². The highest BCUT2D eigenvalue weighted by molar-refractivity contribution is 5.78. The molecule has 5 heteroatoms. The number of hydrogen-bond donors (Lipinski definition) is 3. The summed E-state index contributed by atoms with van der Waals surface area (Å²) in [5, 5.41) is 6.04. The number of imidazole rings is 1. The summed E-state index contributed by atoms with van der Waals surface area (Å²) in [6.45, 7) is 4.37. The maximum absolute atomic E-state index is 11.7. The molecule has 1 unspecified atom stereocenters. The standard InChI is InChI=1S/C10H16N4O/c1-7(8-4-11-5-8)10(15)14-6-9-12-2-3-13-9/h2-3,7-8,11H,4-6H2,1H3,(H,12,13)(H,14,15). The lowest BCUT2D eigenvalue weighted by atomic mass is 9.88. The minimum Gasteiger partial charge on any atom is -0.349 e. The Morgan fingerprint density at radius 3 is 3.07 bits per heavy atom. The number of hydrogen-bond acceptors (Lipinski definition) is 3. The van der Waals surface area contributed by atoms with Crippen LogP contribution in [0.5, 0.6) is 0 Å². The minimum absolute atomic E-state index is 0.0845. The van der Waals surface area contributed by atoms with E-state index in [2.05, 4.69) is 20.6 Å². The first kappa shape index (κ1) is 10.2. The smallest absolute Gasteiger partial charge is 0.223 e. The van der Waals surface area contributed by atoms with Crippen LogP contribution in [0, 0.1) is 11.8 Å². The van der Waals surface area contributed by atoms with Crippen LogP contribution in [0.2, 0.25) is 0 Å². The first-order valence-electron chi connectivity index (χ1n) is 5.24. The molecule has 1 atom stereocenters. The van der Waals surface area contributed by atoms with Gasteiger partial charge < -0.3 is 15.6 Å². The highest BCUT2D eigenvalue weighted by Crippen LogP contribution is 2.15. The largest absolute Gasteiger partial charge is 0.349 e. The zero-order valence-corrected chi connectivity index (χ0v) is 8.79. The van der Waals surface area contributed by atoms with Gasteiger partial charge in [0.15, 0.2) is 0 Å². The number of carbonyl (C=O) groups excluding carboxylic acids is 1. The molecule has 1 fully saturated rings. The van der Waals surface area contributed by atoms with Crippen molar-refractivity contribution in [2.24, 2.45) is 11.8 Å². The van der Waals surface area contributed by atoms with Gasteiger partial charge in [-0.05, 0) is 19.0 Å². The first-order chi connectivity index (χ1) is 7.27. The minimum atomic E-state index is 0.0845. The Labute approximate surface area is 88.7 Å². The molecule has 1 amide bonds. The molecule has 0 aromatic carbocycles. The van der Waals surface area contributed by atoms with Crippen molar-refractivity contribution in [1.82, 2.24) is 20.6 Å². The normalized spacial score (nSPS) is 18.2. The molecule has 0 radical (unpaired) electrons. The molecule has 1 aliphatic heterocycles. The SMILES string of the molecule is CC(C(=O)NCc1ncc[nH]1)C1CNC1. The molecule has 0 bridgehead atoms. The van der Waals surface area contributed by atoms with Crippen LogP contribution in [0.3, 0.4) is 0 Å². The number of rotatable bonds is 4. The molecule has 2 heterocycles. The second-order valence-corrected chi connectivity index (χ2v) is 3.96. The van der Waals surface area contributed by atoms with Gasteiger partial charge in [0.05, 0.1) is 6.54 Å². The highest BCUT2D eigenvalue weighted by atomic mass is 16.1. The summed E-state index contributed by atoms with van der Waals surface area (Å²) in [4.78, 5) is 18.7.